The maximum absolute atomic E-state index is 13.4. The number of thiazole rings is 1. The monoisotopic (exact) mass is 504 g/mol. The highest BCUT2D eigenvalue weighted by Gasteiger charge is 2.33. The van der Waals surface area contributed by atoms with E-state index in [1.54, 1.807) is 38.1 Å². The number of allylic oxidation sites excluding steroid dienone is 1. The maximum atomic E-state index is 13.4. The van der Waals surface area contributed by atoms with Crippen LogP contribution in [0.4, 0.5) is 0 Å². The number of thiophene rings is 1. The molecule has 30 heavy (non-hydrogen) atoms. The quantitative estimate of drug-likeness (QED) is 0.552. The number of aromatic hydroxyl groups is 1. The summed E-state index contributed by atoms with van der Waals surface area (Å²) in [6, 6.07) is 8.20. The Bertz CT molecular complexity index is 1340. The predicted molar refractivity (Wildman–Crippen MR) is 121 cm³/mol. The summed E-state index contributed by atoms with van der Waals surface area (Å²) in [5, 5.41) is 12.1. The van der Waals surface area contributed by atoms with E-state index in [1.807, 2.05) is 17.5 Å². The number of phenols is 1. The van der Waals surface area contributed by atoms with E-state index in [1.165, 1.54) is 27.2 Å². The number of carbonyl (C=O) groups is 1. The normalized spacial score (nSPS) is 16.4. The predicted octanol–water partition coefficient (Wildman–Crippen LogP) is 3.33. The fourth-order valence-corrected chi connectivity index (χ4v) is 5.53. The van der Waals surface area contributed by atoms with Crippen molar-refractivity contribution in [1.29, 1.82) is 0 Å². The van der Waals surface area contributed by atoms with Crippen LogP contribution in [0.3, 0.4) is 0 Å². The van der Waals surface area contributed by atoms with Gasteiger partial charge < -0.3 is 9.84 Å². The van der Waals surface area contributed by atoms with Gasteiger partial charge in [0.25, 0.3) is 5.56 Å². The van der Waals surface area contributed by atoms with Crippen LogP contribution in [-0.2, 0) is 9.53 Å². The van der Waals surface area contributed by atoms with Crippen LogP contribution in [0.2, 0.25) is 0 Å². The molecule has 3 aromatic rings. The Morgan fingerprint density at radius 2 is 2.20 bits per heavy atom. The van der Waals surface area contributed by atoms with Gasteiger partial charge in [-0.2, -0.15) is 0 Å². The minimum absolute atomic E-state index is 0.0715. The van der Waals surface area contributed by atoms with Crippen molar-refractivity contribution in [3.05, 3.63) is 81.6 Å². The minimum atomic E-state index is -0.599. The molecule has 1 aliphatic heterocycles. The molecule has 1 aliphatic rings. The van der Waals surface area contributed by atoms with Gasteiger partial charge in [-0.25, -0.2) is 9.79 Å². The summed E-state index contributed by atoms with van der Waals surface area (Å²) in [6.45, 7) is 3.73. The first kappa shape index (κ1) is 20.8. The fraction of sp³-hybridized carbons (Fsp3) is 0.190. The van der Waals surface area contributed by atoms with E-state index in [0.717, 1.165) is 9.35 Å². The Morgan fingerprint density at radius 3 is 2.90 bits per heavy atom. The van der Waals surface area contributed by atoms with Crippen LogP contribution < -0.4 is 14.9 Å². The molecule has 0 amide bonds. The number of carbonyl (C=O) groups excluding carboxylic acids is 1. The first-order valence-electron chi connectivity index (χ1n) is 9.12. The SMILES string of the molecule is CCOC(=O)C1=C(C)N=c2s/c(=C\c3cc(Br)ccc3O)c(=O)n2[C@H]1c1cccs1. The molecule has 0 unspecified atom stereocenters. The Kier molecular flexibility index (Phi) is 5.77. The number of ether oxygens (including phenoxy) is 1. The molecule has 0 spiro atoms. The molecule has 154 valence electrons. The van der Waals surface area contributed by atoms with Crippen molar-refractivity contribution in [2.24, 2.45) is 4.99 Å². The third-order valence-electron chi connectivity index (χ3n) is 4.61. The fourth-order valence-electron chi connectivity index (χ4n) is 3.29. The van der Waals surface area contributed by atoms with Gasteiger partial charge in [0, 0.05) is 14.9 Å². The Morgan fingerprint density at radius 1 is 1.40 bits per heavy atom. The number of benzene rings is 1. The first-order valence-corrected chi connectivity index (χ1v) is 11.6. The second-order valence-corrected chi connectivity index (χ2v) is 9.42. The molecule has 0 saturated carbocycles. The zero-order valence-electron chi connectivity index (χ0n) is 16.1. The summed E-state index contributed by atoms with van der Waals surface area (Å²) >= 11 is 6.07. The van der Waals surface area contributed by atoms with Crippen LogP contribution in [0.5, 0.6) is 5.75 Å². The summed E-state index contributed by atoms with van der Waals surface area (Å²) < 4.78 is 8.00. The lowest BCUT2D eigenvalue weighted by Gasteiger charge is -2.23. The summed E-state index contributed by atoms with van der Waals surface area (Å²) in [5.41, 5.74) is 1.14. The van der Waals surface area contributed by atoms with Gasteiger partial charge in [-0.15, -0.1) is 11.3 Å². The number of fused-ring (bicyclic) bond motifs is 1. The van der Waals surface area contributed by atoms with Crippen LogP contribution >= 0.6 is 38.6 Å². The summed E-state index contributed by atoms with van der Waals surface area (Å²) in [4.78, 5) is 32.0. The molecular formula is C21H17BrN2O4S2. The van der Waals surface area contributed by atoms with E-state index in [4.69, 9.17) is 4.74 Å². The van der Waals surface area contributed by atoms with Crippen molar-refractivity contribution in [1.82, 2.24) is 4.57 Å². The standard InChI is InChI=1S/C21H17BrN2O4S2/c1-3-28-20(27)17-11(2)23-21-24(18(17)15-5-4-8-29-15)19(26)16(30-21)10-12-9-13(22)6-7-14(12)25/h4-10,18,25H,3H2,1-2H3/b16-10-/t18-/m0/s1. The third-order valence-corrected chi connectivity index (χ3v) is 7.01. The third kappa shape index (κ3) is 3.68. The molecular weight excluding hydrogens is 488 g/mol. The Balaban J connectivity index is 1.96. The number of nitrogens with zero attached hydrogens (tertiary/aromatic N) is 2. The molecule has 0 fully saturated rings. The number of hydrogen-bond acceptors (Lipinski definition) is 7. The lowest BCUT2D eigenvalue weighted by atomic mass is 10.0. The maximum Gasteiger partial charge on any atom is 0.338 e. The molecule has 0 saturated heterocycles. The number of rotatable bonds is 4. The van der Waals surface area contributed by atoms with Gasteiger partial charge >= 0.3 is 5.97 Å². The highest BCUT2D eigenvalue weighted by atomic mass is 79.9. The van der Waals surface area contributed by atoms with Crippen LogP contribution in [-0.4, -0.2) is 22.2 Å². The van der Waals surface area contributed by atoms with E-state index in [-0.39, 0.29) is 17.9 Å². The zero-order chi connectivity index (χ0) is 21.4. The highest BCUT2D eigenvalue weighted by Crippen LogP contribution is 2.33. The molecule has 9 heteroatoms. The molecule has 2 aromatic heterocycles. The molecule has 1 atom stereocenters. The molecule has 0 radical (unpaired) electrons. The van der Waals surface area contributed by atoms with Crippen molar-refractivity contribution < 1.29 is 14.6 Å². The average Bonchev–Trinajstić information content (AvgIpc) is 3.33. The van der Waals surface area contributed by atoms with Crippen molar-refractivity contribution in [2.45, 2.75) is 19.9 Å². The topological polar surface area (TPSA) is 80.9 Å². The van der Waals surface area contributed by atoms with Crippen molar-refractivity contribution in [3.8, 4) is 5.75 Å². The Labute approximate surface area is 188 Å². The summed E-state index contributed by atoms with van der Waals surface area (Å²) in [6.07, 6.45) is 1.64. The van der Waals surface area contributed by atoms with Crippen LogP contribution in [0.15, 0.2) is 61.2 Å². The second kappa shape index (κ2) is 8.33. The number of aromatic nitrogens is 1. The van der Waals surface area contributed by atoms with E-state index >= 15 is 0 Å². The zero-order valence-corrected chi connectivity index (χ0v) is 19.3. The van der Waals surface area contributed by atoms with Gasteiger partial charge in [0.2, 0.25) is 0 Å². The minimum Gasteiger partial charge on any atom is -0.507 e. The smallest absolute Gasteiger partial charge is 0.338 e. The number of phenolic OH excluding ortho intramolecular Hbond substituents is 1. The van der Waals surface area contributed by atoms with Crippen molar-refractivity contribution in [2.75, 3.05) is 6.61 Å². The molecule has 0 aliphatic carbocycles. The van der Waals surface area contributed by atoms with E-state index < -0.39 is 12.0 Å². The van der Waals surface area contributed by atoms with Crippen LogP contribution in [0.1, 0.15) is 30.3 Å². The molecule has 4 rings (SSSR count). The second-order valence-electron chi connectivity index (χ2n) is 6.52. The average molecular weight is 505 g/mol. The van der Waals surface area contributed by atoms with Gasteiger partial charge in [-0.1, -0.05) is 33.3 Å². The van der Waals surface area contributed by atoms with Gasteiger partial charge in [0.05, 0.1) is 22.4 Å². The largest absolute Gasteiger partial charge is 0.507 e. The molecule has 6 nitrogen and oxygen atoms in total. The lowest BCUT2D eigenvalue weighted by Crippen LogP contribution is -2.39. The van der Waals surface area contributed by atoms with E-state index in [2.05, 4.69) is 20.9 Å². The van der Waals surface area contributed by atoms with Gasteiger partial charge in [-0.05, 0) is 49.6 Å². The molecule has 3 heterocycles. The van der Waals surface area contributed by atoms with Crippen LogP contribution in [0.25, 0.3) is 6.08 Å². The number of halogens is 1. The van der Waals surface area contributed by atoms with Gasteiger partial charge in [0.1, 0.15) is 11.8 Å². The number of hydrogen-bond donors (Lipinski definition) is 1. The number of esters is 1. The van der Waals surface area contributed by atoms with E-state index in [0.29, 0.717) is 26.2 Å². The molecule has 1 N–H and O–H groups in total. The van der Waals surface area contributed by atoms with Crippen molar-refractivity contribution in [3.63, 3.8) is 0 Å². The summed E-state index contributed by atoms with van der Waals surface area (Å²) in [5.74, 6) is -0.404. The summed E-state index contributed by atoms with van der Waals surface area (Å²) in [7, 11) is 0. The lowest BCUT2D eigenvalue weighted by molar-refractivity contribution is -0.139. The highest BCUT2D eigenvalue weighted by molar-refractivity contribution is 9.10. The van der Waals surface area contributed by atoms with Crippen LogP contribution in [0, 0.1) is 0 Å². The molecule has 1 aromatic carbocycles. The van der Waals surface area contributed by atoms with Gasteiger partial charge in [0.15, 0.2) is 4.80 Å². The Hall–Kier alpha value is -2.49. The van der Waals surface area contributed by atoms with Crippen molar-refractivity contribution >= 4 is 50.6 Å². The van der Waals surface area contributed by atoms with Gasteiger partial charge in [-0.3, -0.25) is 9.36 Å². The first-order chi connectivity index (χ1) is 14.4. The molecule has 0 bridgehead atoms. The van der Waals surface area contributed by atoms with E-state index in [9.17, 15) is 14.7 Å².